The van der Waals surface area contributed by atoms with Gasteiger partial charge in [0.05, 0.1) is 11.7 Å². The van der Waals surface area contributed by atoms with E-state index in [0.29, 0.717) is 11.5 Å². The molecule has 1 atom stereocenters. The number of hydrogen-bond acceptors (Lipinski definition) is 2. The van der Waals surface area contributed by atoms with E-state index in [1.807, 2.05) is 6.92 Å². The molecule has 0 amide bonds. The summed E-state index contributed by atoms with van der Waals surface area (Å²) in [6.45, 7) is 2.66. The molecule has 1 unspecified atom stereocenters. The van der Waals surface area contributed by atoms with Gasteiger partial charge in [-0.2, -0.15) is 13.2 Å². The first-order valence-electron chi connectivity index (χ1n) is 7.45. The summed E-state index contributed by atoms with van der Waals surface area (Å²) < 4.78 is 38.1. The predicted octanol–water partition coefficient (Wildman–Crippen LogP) is 3.91. The molecule has 0 bridgehead atoms. The molecule has 1 saturated carbocycles. The van der Waals surface area contributed by atoms with Crippen LogP contribution in [0.4, 0.5) is 13.2 Å². The van der Waals surface area contributed by atoms with Crippen molar-refractivity contribution in [2.24, 2.45) is 5.92 Å². The van der Waals surface area contributed by atoms with Crippen LogP contribution in [0.2, 0.25) is 0 Å². The van der Waals surface area contributed by atoms with Crippen molar-refractivity contribution in [1.29, 1.82) is 0 Å². The summed E-state index contributed by atoms with van der Waals surface area (Å²) in [5, 5.41) is 12.8. The standard InChI is InChI=1S/C16H22F3NO/c1-11(20-10-12-5-7-15(21)8-6-12)13-3-2-4-14(9-13)16(17,18)19/h2-4,9,11-12,15,20-21H,5-8,10H2,1H3. The molecule has 0 saturated heterocycles. The number of hydrogen-bond donors (Lipinski definition) is 2. The topological polar surface area (TPSA) is 32.3 Å². The fraction of sp³-hybridized carbons (Fsp3) is 0.625. The summed E-state index contributed by atoms with van der Waals surface area (Å²) in [6.07, 6.45) is -0.876. The van der Waals surface area contributed by atoms with Crippen LogP contribution in [-0.4, -0.2) is 17.8 Å². The van der Waals surface area contributed by atoms with Gasteiger partial charge in [-0.1, -0.05) is 12.1 Å². The van der Waals surface area contributed by atoms with Crippen molar-refractivity contribution in [3.05, 3.63) is 35.4 Å². The number of aliphatic hydroxyl groups is 1. The summed E-state index contributed by atoms with van der Waals surface area (Å²) in [7, 11) is 0. The normalized spacial score (nSPS) is 24.8. The van der Waals surface area contributed by atoms with E-state index in [-0.39, 0.29) is 12.1 Å². The smallest absolute Gasteiger partial charge is 0.393 e. The van der Waals surface area contributed by atoms with Crippen molar-refractivity contribution in [1.82, 2.24) is 5.32 Å². The van der Waals surface area contributed by atoms with Crippen molar-refractivity contribution in [2.45, 2.75) is 50.9 Å². The van der Waals surface area contributed by atoms with Gasteiger partial charge in [0.2, 0.25) is 0 Å². The zero-order valence-corrected chi connectivity index (χ0v) is 12.2. The summed E-state index contributed by atoms with van der Waals surface area (Å²) >= 11 is 0. The molecule has 1 aromatic rings. The quantitative estimate of drug-likeness (QED) is 0.884. The average molecular weight is 301 g/mol. The minimum Gasteiger partial charge on any atom is -0.393 e. The van der Waals surface area contributed by atoms with E-state index in [1.54, 1.807) is 6.07 Å². The molecule has 0 aliphatic heterocycles. The van der Waals surface area contributed by atoms with E-state index >= 15 is 0 Å². The minimum atomic E-state index is -4.30. The lowest BCUT2D eigenvalue weighted by molar-refractivity contribution is -0.137. The van der Waals surface area contributed by atoms with Crippen molar-refractivity contribution >= 4 is 0 Å². The molecule has 2 nitrogen and oxygen atoms in total. The van der Waals surface area contributed by atoms with Crippen LogP contribution in [0.25, 0.3) is 0 Å². The molecule has 118 valence electrons. The third-order valence-electron chi connectivity index (χ3n) is 4.24. The second-order valence-corrected chi connectivity index (χ2v) is 5.93. The van der Waals surface area contributed by atoms with E-state index in [4.69, 9.17) is 0 Å². The molecule has 1 fully saturated rings. The number of alkyl halides is 3. The Balaban J connectivity index is 1.90. The zero-order chi connectivity index (χ0) is 15.5. The maximum absolute atomic E-state index is 12.7. The fourth-order valence-corrected chi connectivity index (χ4v) is 2.79. The van der Waals surface area contributed by atoms with Gasteiger partial charge in [-0.25, -0.2) is 0 Å². The summed E-state index contributed by atoms with van der Waals surface area (Å²) in [5.41, 5.74) is 0.0510. The molecule has 0 spiro atoms. The van der Waals surface area contributed by atoms with Gasteiger partial charge in [-0.15, -0.1) is 0 Å². The summed E-state index contributed by atoms with van der Waals surface area (Å²) in [5.74, 6) is 0.502. The van der Waals surface area contributed by atoms with Crippen molar-refractivity contribution < 1.29 is 18.3 Å². The summed E-state index contributed by atoms with van der Waals surface area (Å²) in [6, 6.07) is 5.37. The highest BCUT2D eigenvalue weighted by molar-refractivity contribution is 5.27. The van der Waals surface area contributed by atoms with Crippen LogP contribution in [0, 0.1) is 5.92 Å². The van der Waals surface area contributed by atoms with Gasteiger partial charge in [0.25, 0.3) is 0 Å². The highest BCUT2D eigenvalue weighted by atomic mass is 19.4. The average Bonchev–Trinajstić information content (AvgIpc) is 2.45. The Bertz CT molecular complexity index is 453. The maximum Gasteiger partial charge on any atom is 0.416 e. The minimum absolute atomic E-state index is 0.112. The largest absolute Gasteiger partial charge is 0.416 e. The first-order chi connectivity index (χ1) is 9.86. The molecular formula is C16H22F3NO. The maximum atomic E-state index is 12.7. The second kappa shape index (κ2) is 6.79. The van der Waals surface area contributed by atoms with E-state index < -0.39 is 11.7 Å². The zero-order valence-electron chi connectivity index (χ0n) is 12.2. The molecule has 2 rings (SSSR count). The van der Waals surface area contributed by atoms with E-state index in [9.17, 15) is 18.3 Å². The first kappa shape index (κ1) is 16.3. The molecule has 1 aliphatic rings. The number of nitrogens with one attached hydrogen (secondary N) is 1. The fourth-order valence-electron chi connectivity index (χ4n) is 2.79. The van der Waals surface area contributed by atoms with Gasteiger partial charge in [0, 0.05) is 6.04 Å². The van der Waals surface area contributed by atoms with Crippen LogP contribution < -0.4 is 5.32 Å². The van der Waals surface area contributed by atoms with Crippen LogP contribution in [0.5, 0.6) is 0 Å². The lowest BCUT2D eigenvalue weighted by atomic mass is 9.87. The highest BCUT2D eigenvalue weighted by Crippen LogP contribution is 2.31. The SMILES string of the molecule is CC(NCC1CCC(O)CC1)c1cccc(C(F)(F)F)c1. The van der Waals surface area contributed by atoms with Gasteiger partial charge >= 0.3 is 6.18 Å². The molecule has 0 heterocycles. The molecule has 0 radical (unpaired) electrons. The Kier molecular flexibility index (Phi) is 5.27. The molecule has 1 aromatic carbocycles. The van der Waals surface area contributed by atoms with Crippen LogP contribution >= 0.6 is 0 Å². The Hall–Kier alpha value is -1.07. The van der Waals surface area contributed by atoms with Gasteiger partial charge in [-0.05, 0) is 62.8 Å². The van der Waals surface area contributed by atoms with Crippen LogP contribution in [0.1, 0.15) is 49.8 Å². The van der Waals surface area contributed by atoms with Crippen LogP contribution in [-0.2, 0) is 6.18 Å². The molecule has 2 N–H and O–H groups in total. The second-order valence-electron chi connectivity index (χ2n) is 5.93. The van der Waals surface area contributed by atoms with Crippen molar-refractivity contribution in [3.8, 4) is 0 Å². The lowest BCUT2D eigenvalue weighted by Crippen LogP contribution is -2.29. The Labute approximate surface area is 123 Å². The predicted molar refractivity (Wildman–Crippen MR) is 75.8 cm³/mol. The van der Waals surface area contributed by atoms with E-state index in [1.165, 1.54) is 12.1 Å². The number of benzene rings is 1. The Morgan fingerprint density at radius 2 is 1.90 bits per heavy atom. The third kappa shape index (κ3) is 4.71. The highest BCUT2D eigenvalue weighted by Gasteiger charge is 2.30. The molecule has 21 heavy (non-hydrogen) atoms. The number of aliphatic hydroxyl groups excluding tert-OH is 1. The van der Waals surface area contributed by atoms with E-state index in [0.717, 1.165) is 38.3 Å². The van der Waals surface area contributed by atoms with Crippen molar-refractivity contribution in [2.75, 3.05) is 6.54 Å². The van der Waals surface area contributed by atoms with Gasteiger partial charge in [0.15, 0.2) is 0 Å². The van der Waals surface area contributed by atoms with Crippen molar-refractivity contribution in [3.63, 3.8) is 0 Å². The number of rotatable bonds is 4. The van der Waals surface area contributed by atoms with Crippen LogP contribution in [0.3, 0.4) is 0 Å². The Morgan fingerprint density at radius 1 is 1.24 bits per heavy atom. The van der Waals surface area contributed by atoms with Gasteiger partial charge < -0.3 is 10.4 Å². The molecule has 5 heteroatoms. The Morgan fingerprint density at radius 3 is 2.52 bits per heavy atom. The molecule has 0 aromatic heterocycles. The molecule has 1 aliphatic carbocycles. The number of halogens is 3. The van der Waals surface area contributed by atoms with Crippen LogP contribution in [0.15, 0.2) is 24.3 Å². The monoisotopic (exact) mass is 301 g/mol. The first-order valence-corrected chi connectivity index (χ1v) is 7.45. The summed E-state index contributed by atoms with van der Waals surface area (Å²) in [4.78, 5) is 0. The molecular weight excluding hydrogens is 279 g/mol. The lowest BCUT2D eigenvalue weighted by Gasteiger charge is -2.27. The van der Waals surface area contributed by atoms with Gasteiger partial charge in [-0.3, -0.25) is 0 Å². The third-order valence-corrected chi connectivity index (χ3v) is 4.24. The van der Waals surface area contributed by atoms with E-state index in [2.05, 4.69) is 5.32 Å². The van der Waals surface area contributed by atoms with Gasteiger partial charge in [0.1, 0.15) is 0 Å².